The number of aromatic nitrogens is 1. The summed E-state index contributed by atoms with van der Waals surface area (Å²) in [7, 11) is 0. The third kappa shape index (κ3) is 2.95. The van der Waals surface area contributed by atoms with Gasteiger partial charge in [-0.25, -0.2) is 9.37 Å². The van der Waals surface area contributed by atoms with E-state index in [1.165, 1.54) is 0 Å². The van der Waals surface area contributed by atoms with E-state index in [1.54, 1.807) is 0 Å². The number of carbonyl (C=O) groups is 1. The third-order valence-electron chi connectivity index (χ3n) is 3.16. The van der Waals surface area contributed by atoms with Crippen molar-refractivity contribution < 1.29 is 14.3 Å². The standard InChI is InChI=1S/C12H16FN3O2/c13-7-5-10(11(14)15-6-7)12(18)16-8-1-3-9(17)4-2-8/h5-6,8-9,17H,1-4H2,(H2,14,15)(H,16,18). The summed E-state index contributed by atoms with van der Waals surface area (Å²) in [6, 6.07) is 1.08. The number of pyridine rings is 1. The molecule has 0 spiro atoms. The van der Waals surface area contributed by atoms with Crippen LogP contribution in [0.4, 0.5) is 10.2 Å². The van der Waals surface area contributed by atoms with Crippen LogP contribution in [0.3, 0.4) is 0 Å². The van der Waals surface area contributed by atoms with E-state index in [9.17, 15) is 14.3 Å². The number of anilines is 1. The fourth-order valence-electron chi connectivity index (χ4n) is 2.12. The lowest BCUT2D eigenvalue weighted by molar-refractivity contribution is 0.0868. The van der Waals surface area contributed by atoms with Gasteiger partial charge >= 0.3 is 0 Å². The second kappa shape index (κ2) is 5.30. The number of nitrogens with two attached hydrogens (primary N) is 1. The molecule has 18 heavy (non-hydrogen) atoms. The van der Waals surface area contributed by atoms with Gasteiger partial charge in [-0.05, 0) is 31.7 Å². The Hall–Kier alpha value is -1.69. The lowest BCUT2D eigenvalue weighted by atomic mass is 9.93. The summed E-state index contributed by atoms with van der Waals surface area (Å²) in [6.07, 6.45) is 3.47. The summed E-state index contributed by atoms with van der Waals surface area (Å²) in [5.41, 5.74) is 5.60. The Labute approximate surface area is 104 Å². The summed E-state index contributed by atoms with van der Waals surface area (Å²) in [5, 5.41) is 12.2. The molecule has 0 saturated heterocycles. The number of aliphatic hydroxyl groups excluding tert-OH is 1. The van der Waals surface area contributed by atoms with Crippen molar-refractivity contribution in [1.29, 1.82) is 0 Å². The van der Waals surface area contributed by atoms with Crippen molar-refractivity contribution in [3.05, 3.63) is 23.6 Å². The number of amides is 1. The van der Waals surface area contributed by atoms with Crippen molar-refractivity contribution in [1.82, 2.24) is 10.3 Å². The highest BCUT2D eigenvalue weighted by molar-refractivity contribution is 5.98. The molecule has 1 heterocycles. The predicted octanol–water partition coefficient (Wildman–Crippen LogP) is 0.836. The predicted molar refractivity (Wildman–Crippen MR) is 64.3 cm³/mol. The van der Waals surface area contributed by atoms with Gasteiger partial charge in [-0.15, -0.1) is 0 Å². The number of hydrogen-bond donors (Lipinski definition) is 3. The number of carbonyl (C=O) groups excluding carboxylic acids is 1. The molecule has 0 aromatic carbocycles. The van der Waals surface area contributed by atoms with E-state index in [0.29, 0.717) is 12.8 Å². The molecular weight excluding hydrogens is 237 g/mol. The number of hydrogen-bond acceptors (Lipinski definition) is 4. The highest BCUT2D eigenvalue weighted by Gasteiger charge is 2.22. The average Bonchev–Trinajstić information content (AvgIpc) is 2.35. The van der Waals surface area contributed by atoms with Crippen molar-refractivity contribution in [3.8, 4) is 0 Å². The number of nitrogen functional groups attached to an aromatic ring is 1. The number of rotatable bonds is 2. The zero-order valence-electron chi connectivity index (χ0n) is 9.90. The van der Waals surface area contributed by atoms with Crippen molar-refractivity contribution in [3.63, 3.8) is 0 Å². The van der Waals surface area contributed by atoms with E-state index in [4.69, 9.17) is 5.73 Å². The van der Waals surface area contributed by atoms with Gasteiger partial charge in [0.1, 0.15) is 11.6 Å². The Morgan fingerprint density at radius 2 is 2.11 bits per heavy atom. The lowest BCUT2D eigenvalue weighted by Gasteiger charge is -2.26. The van der Waals surface area contributed by atoms with Gasteiger partial charge in [0.2, 0.25) is 0 Å². The Kier molecular flexibility index (Phi) is 3.76. The molecular formula is C12H16FN3O2. The normalized spacial score (nSPS) is 23.7. The molecule has 6 heteroatoms. The molecule has 1 saturated carbocycles. The Bertz CT molecular complexity index is 445. The Balaban J connectivity index is 2.01. The second-order valence-electron chi connectivity index (χ2n) is 4.57. The number of aliphatic hydroxyl groups is 1. The van der Waals surface area contributed by atoms with E-state index in [1.807, 2.05) is 0 Å². The highest BCUT2D eigenvalue weighted by Crippen LogP contribution is 2.19. The summed E-state index contributed by atoms with van der Waals surface area (Å²) < 4.78 is 13.0. The lowest BCUT2D eigenvalue weighted by Crippen LogP contribution is -2.38. The summed E-state index contributed by atoms with van der Waals surface area (Å²) in [4.78, 5) is 15.5. The molecule has 1 aromatic heterocycles. The van der Waals surface area contributed by atoms with E-state index < -0.39 is 11.7 Å². The number of nitrogens with zero attached hydrogens (tertiary/aromatic N) is 1. The molecule has 0 aliphatic heterocycles. The minimum atomic E-state index is -0.589. The molecule has 0 radical (unpaired) electrons. The molecule has 1 amide bonds. The number of halogens is 1. The van der Waals surface area contributed by atoms with Crippen molar-refractivity contribution in [2.24, 2.45) is 0 Å². The van der Waals surface area contributed by atoms with E-state index >= 15 is 0 Å². The van der Waals surface area contributed by atoms with E-state index in [0.717, 1.165) is 25.1 Å². The Morgan fingerprint density at radius 1 is 1.44 bits per heavy atom. The van der Waals surface area contributed by atoms with E-state index in [2.05, 4.69) is 10.3 Å². The smallest absolute Gasteiger partial charge is 0.255 e. The van der Waals surface area contributed by atoms with Crippen LogP contribution in [0, 0.1) is 5.82 Å². The fraction of sp³-hybridized carbons (Fsp3) is 0.500. The zero-order valence-corrected chi connectivity index (χ0v) is 9.90. The fourth-order valence-corrected chi connectivity index (χ4v) is 2.12. The topological polar surface area (TPSA) is 88.2 Å². The van der Waals surface area contributed by atoms with Crippen LogP contribution in [0.15, 0.2) is 12.3 Å². The maximum absolute atomic E-state index is 13.0. The maximum atomic E-state index is 13.0. The van der Waals surface area contributed by atoms with Crippen LogP contribution in [-0.4, -0.2) is 28.1 Å². The summed E-state index contributed by atoms with van der Waals surface area (Å²) >= 11 is 0. The second-order valence-corrected chi connectivity index (χ2v) is 4.57. The van der Waals surface area contributed by atoms with Gasteiger partial charge in [0, 0.05) is 6.04 Å². The van der Waals surface area contributed by atoms with Crippen molar-refractivity contribution >= 4 is 11.7 Å². The van der Waals surface area contributed by atoms with Gasteiger partial charge in [0.25, 0.3) is 5.91 Å². The molecule has 0 bridgehead atoms. The summed E-state index contributed by atoms with van der Waals surface area (Å²) in [6.45, 7) is 0. The molecule has 4 N–H and O–H groups in total. The highest BCUT2D eigenvalue weighted by atomic mass is 19.1. The first-order valence-electron chi connectivity index (χ1n) is 5.96. The molecule has 2 rings (SSSR count). The van der Waals surface area contributed by atoms with Gasteiger partial charge in [-0.2, -0.15) is 0 Å². The molecule has 1 fully saturated rings. The first-order valence-corrected chi connectivity index (χ1v) is 5.96. The van der Waals surface area contributed by atoms with Crippen LogP contribution < -0.4 is 11.1 Å². The van der Waals surface area contributed by atoms with Crippen LogP contribution in [-0.2, 0) is 0 Å². The van der Waals surface area contributed by atoms with Gasteiger partial charge in [0.15, 0.2) is 0 Å². The molecule has 5 nitrogen and oxygen atoms in total. The van der Waals surface area contributed by atoms with Crippen molar-refractivity contribution in [2.45, 2.75) is 37.8 Å². The molecule has 1 aromatic rings. The van der Waals surface area contributed by atoms with Crippen LogP contribution in [0.25, 0.3) is 0 Å². The summed E-state index contributed by atoms with van der Waals surface area (Å²) in [5.74, 6) is -0.987. The van der Waals surface area contributed by atoms with Crippen molar-refractivity contribution in [2.75, 3.05) is 5.73 Å². The SMILES string of the molecule is Nc1ncc(F)cc1C(=O)NC1CCC(O)CC1. The van der Waals surface area contributed by atoms with Gasteiger partial charge in [0.05, 0.1) is 17.9 Å². The first kappa shape index (κ1) is 12.8. The molecule has 1 aliphatic rings. The molecule has 0 unspecified atom stereocenters. The van der Waals surface area contributed by atoms with Gasteiger partial charge < -0.3 is 16.2 Å². The number of nitrogens with one attached hydrogen (secondary N) is 1. The maximum Gasteiger partial charge on any atom is 0.255 e. The monoisotopic (exact) mass is 253 g/mol. The quantitative estimate of drug-likeness (QED) is 0.728. The molecule has 1 aliphatic carbocycles. The first-order chi connectivity index (χ1) is 8.56. The van der Waals surface area contributed by atoms with Gasteiger partial charge in [-0.1, -0.05) is 0 Å². The van der Waals surface area contributed by atoms with Crippen LogP contribution in [0.2, 0.25) is 0 Å². The Morgan fingerprint density at radius 3 is 2.78 bits per heavy atom. The minimum absolute atomic E-state index is 0.00330. The average molecular weight is 253 g/mol. The van der Waals surface area contributed by atoms with Crippen LogP contribution >= 0.6 is 0 Å². The largest absolute Gasteiger partial charge is 0.393 e. The zero-order chi connectivity index (χ0) is 13.1. The van der Waals surface area contributed by atoms with E-state index in [-0.39, 0.29) is 23.5 Å². The van der Waals surface area contributed by atoms with Crippen LogP contribution in [0.1, 0.15) is 36.0 Å². The minimum Gasteiger partial charge on any atom is -0.393 e. The third-order valence-corrected chi connectivity index (χ3v) is 3.16. The molecule has 98 valence electrons. The molecule has 0 atom stereocenters. The van der Waals surface area contributed by atoms with Crippen LogP contribution in [0.5, 0.6) is 0 Å². The van der Waals surface area contributed by atoms with Gasteiger partial charge in [-0.3, -0.25) is 4.79 Å².